The Hall–Kier alpha value is -2.47. The first-order chi connectivity index (χ1) is 9.95. The number of nitrogens with two attached hydrogens (primary N) is 1. The van der Waals surface area contributed by atoms with Gasteiger partial charge in [0.05, 0.1) is 12.1 Å². The molecule has 0 unspecified atom stereocenters. The summed E-state index contributed by atoms with van der Waals surface area (Å²) in [5.41, 5.74) is 6.49. The van der Waals surface area contributed by atoms with Crippen LogP contribution in [0.15, 0.2) is 42.5 Å². The predicted molar refractivity (Wildman–Crippen MR) is 82.7 cm³/mol. The number of hydrogen-bond acceptors (Lipinski definition) is 3. The summed E-state index contributed by atoms with van der Waals surface area (Å²) in [6.07, 6.45) is 0.0326. The van der Waals surface area contributed by atoms with Crippen LogP contribution in [-0.2, 0) is 11.2 Å². The number of halogens is 1. The van der Waals surface area contributed by atoms with Crippen molar-refractivity contribution in [3.63, 3.8) is 0 Å². The average molecular weight is 304 g/mol. The fraction of sp³-hybridized carbons (Fsp3) is 0.0667. The largest absolute Gasteiger partial charge is 0.508 e. The predicted octanol–water partition coefficient (Wildman–Crippen LogP) is 2.35. The van der Waals surface area contributed by atoms with Gasteiger partial charge in [-0.25, -0.2) is 4.39 Å². The first kappa shape index (κ1) is 14.9. The molecule has 0 radical (unpaired) electrons. The maximum Gasteiger partial charge on any atom is 0.228 e. The average Bonchev–Trinajstić information content (AvgIpc) is 2.40. The summed E-state index contributed by atoms with van der Waals surface area (Å²) in [5, 5.41) is 11.8. The van der Waals surface area contributed by atoms with Crippen LogP contribution in [0.5, 0.6) is 5.75 Å². The standard InChI is InChI=1S/C15H13FN2O2S/c16-12-8-10(15(17)21)4-5-13(12)18-14(20)7-9-2-1-3-11(19)6-9/h1-6,8,19H,7H2,(H2,17,21)(H,18,20). The van der Waals surface area contributed by atoms with Crippen LogP contribution in [0.1, 0.15) is 11.1 Å². The van der Waals surface area contributed by atoms with Gasteiger partial charge in [-0.15, -0.1) is 0 Å². The van der Waals surface area contributed by atoms with Crippen molar-refractivity contribution in [2.24, 2.45) is 5.73 Å². The Labute approximate surface area is 126 Å². The fourth-order valence-electron chi connectivity index (χ4n) is 1.82. The third-order valence-corrected chi connectivity index (χ3v) is 3.04. The van der Waals surface area contributed by atoms with E-state index in [1.807, 2.05) is 0 Å². The van der Waals surface area contributed by atoms with Gasteiger partial charge in [0.1, 0.15) is 16.6 Å². The van der Waals surface area contributed by atoms with Gasteiger partial charge in [0.15, 0.2) is 0 Å². The summed E-state index contributed by atoms with van der Waals surface area (Å²) >= 11 is 4.75. The van der Waals surface area contributed by atoms with Crippen molar-refractivity contribution >= 4 is 28.8 Å². The number of rotatable bonds is 4. The molecular weight excluding hydrogens is 291 g/mol. The van der Waals surface area contributed by atoms with Gasteiger partial charge in [0.25, 0.3) is 0 Å². The van der Waals surface area contributed by atoms with Crippen LogP contribution < -0.4 is 11.1 Å². The summed E-state index contributed by atoms with van der Waals surface area (Å²) < 4.78 is 13.8. The van der Waals surface area contributed by atoms with Crippen LogP contribution in [0.2, 0.25) is 0 Å². The lowest BCUT2D eigenvalue weighted by atomic mass is 10.1. The third kappa shape index (κ3) is 4.00. The highest BCUT2D eigenvalue weighted by molar-refractivity contribution is 7.80. The van der Waals surface area contributed by atoms with Crippen LogP contribution in [0.25, 0.3) is 0 Å². The normalized spacial score (nSPS) is 10.1. The molecule has 0 saturated heterocycles. The van der Waals surface area contributed by atoms with Gasteiger partial charge in [-0.1, -0.05) is 24.4 Å². The number of benzene rings is 2. The SMILES string of the molecule is NC(=S)c1ccc(NC(=O)Cc2cccc(O)c2)c(F)c1. The van der Waals surface area contributed by atoms with E-state index in [0.29, 0.717) is 11.1 Å². The number of nitrogens with one attached hydrogen (secondary N) is 1. The molecule has 0 fully saturated rings. The van der Waals surface area contributed by atoms with E-state index < -0.39 is 5.82 Å². The number of carbonyl (C=O) groups is 1. The first-order valence-corrected chi connectivity index (χ1v) is 6.53. The van der Waals surface area contributed by atoms with Gasteiger partial charge >= 0.3 is 0 Å². The molecular formula is C15H13FN2O2S. The molecule has 2 rings (SSSR count). The van der Waals surface area contributed by atoms with Gasteiger partial charge in [-0.3, -0.25) is 4.79 Å². The molecule has 0 spiro atoms. The molecule has 2 aromatic rings. The van der Waals surface area contributed by atoms with Gasteiger partial charge in [-0.05, 0) is 35.9 Å². The number of phenols is 1. The highest BCUT2D eigenvalue weighted by Crippen LogP contribution is 2.17. The second-order valence-corrected chi connectivity index (χ2v) is 4.89. The molecule has 0 aromatic heterocycles. The summed E-state index contributed by atoms with van der Waals surface area (Å²) in [6.45, 7) is 0. The van der Waals surface area contributed by atoms with E-state index in [9.17, 15) is 14.3 Å². The van der Waals surface area contributed by atoms with E-state index in [1.54, 1.807) is 12.1 Å². The zero-order valence-electron chi connectivity index (χ0n) is 11.0. The van der Waals surface area contributed by atoms with Crippen molar-refractivity contribution in [3.8, 4) is 5.75 Å². The Morgan fingerprint density at radius 1 is 1.29 bits per heavy atom. The maximum atomic E-state index is 13.8. The second kappa shape index (κ2) is 6.32. The van der Waals surface area contributed by atoms with Gasteiger partial charge in [-0.2, -0.15) is 0 Å². The molecule has 0 saturated carbocycles. The molecule has 0 aliphatic carbocycles. The lowest BCUT2D eigenvalue weighted by Crippen LogP contribution is -2.16. The van der Waals surface area contributed by atoms with Crippen LogP contribution in [-0.4, -0.2) is 16.0 Å². The number of thiocarbonyl (C=S) groups is 1. The number of aromatic hydroxyl groups is 1. The Morgan fingerprint density at radius 3 is 2.67 bits per heavy atom. The smallest absolute Gasteiger partial charge is 0.228 e. The van der Waals surface area contributed by atoms with Crippen LogP contribution in [0, 0.1) is 5.82 Å². The Morgan fingerprint density at radius 2 is 2.05 bits per heavy atom. The van der Waals surface area contributed by atoms with Crippen molar-refractivity contribution in [1.29, 1.82) is 0 Å². The van der Waals surface area contributed by atoms with Crippen molar-refractivity contribution < 1.29 is 14.3 Å². The summed E-state index contributed by atoms with van der Waals surface area (Å²) in [5.74, 6) is -0.917. The number of amides is 1. The molecule has 6 heteroatoms. The monoisotopic (exact) mass is 304 g/mol. The van der Waals surface area contributed by atoms with Gasteiger partial charge in [0.2, 0.25) is 5.91 Å². The zero-order chi connectivity index (χ0) is 15.4. The topological polar surface area (TPSA) is 75.3 Å². The molecule has 0 aliphatic heterocycles. The van der Waals surface area contributed by atoms with Crippen molar-refractivity contribution in [1.82, 2.24) is 0 Å². The van der Waals surface area contributed by atoms with Gasteiger partial charge in [0, 0.05) is 5.56 Å². The summed E-state index contributed by atoms with van der Waals surface area (Å²) in [6, 6.07) is 10.4. The van der Waals surface area contributed by atoms with Crippen LogP contribution >= 0.6 is 12.2 Å². The minimum atomic E-state index is -0.607. The highest BCUT2D eigenvalue weighted by Gasteiger charge is 2.09. The van der Waals surface area contributed by atoms with E-state index in [2.05, 4.69) is 5.32 Å². The van der Waals surface area contributed by atoms with Crippen molar-refractivity contribution in [3.05, 3.63) is 59.4 Å². The second-order valence-electron chi connectivity index (χ2n) is 4.45. The van der Waals surface area contributed by atoms with E-state index in [1.165, 1.54) is 30.3 Å². The Balaban J connectivity index is 2.08. The molecule has 4 N–H and O–H groups in total. The third-order valence-electron chi connectivity index (χ3n) is 2.80. The minimum absolute atomic E-state index is 0.0326. The molecule has 0 atom stereocenters. The number of hydrogen-bond donors (Lipinski definition) is 3. The molecule has 0 heterocycles. The molecule has 4 nitrogen and oxygen atoms in total. The molecule has 21 heavy (non-hydrogen) atoms. The van der Waals surface area contributed by atoms with Crippen LogP contribution in [0.4, 0.5) is 10.1 Å². The van der Waals surface area contributed by atoms with Crippen molar-refractivity contribution in [2.45, 2.75) is 6.42 Å². The highest BCUT2D eigenvalue weighted by atomic mass is 32.1. The number of carbonyl (C=O) groups excluding carboxylic acids is 1. The number of phenolic OH excluding ortho intramolecular Hbond substituents is 1. The Kier molecular flexibility index (Phi) is 4.49. The summed E-state index contributed by atoms with van der Waals surface area (Å²) in [7, 11) is 0. The molecule has 0 bridgehead atoms. The molecule has 2 aromatic carbocycles. The Bertz CT molecular complexity index is 704. The van der Waals surface area contributed by atoms with E-state index >= 15 is 0 Å². The molecule has 108 valence electrons. The maximum absolute atomic E-state index is 13.8. The zero-order valence-corrected chi connectivity index (χ0v) is 11.8. The lowest BCUT2D eigenvalue weighted by molar-refractivity contribution is -0.115. The lowest BCUT2D eigenvalue weighted by Gasteiger charge is -2.08. The first-order valence-electron chi connectivity index (χ1n) is 6.13. The molecule has 1 amide bonds. The van der Waals surface area contributed by atoms with Crippen molar-refractivity contribution in [2.75, 3.05) is 5.32 Å². The van der Waals surface area contributed by atoms with Crippen LogP contribution in [0.3, 0.4) is 0 Å². The molecule has 0 aliphatic rings. The van der Waals surface area contributed by atoms with Gasteiger partial charge < -0.3 is 16.2 Å². The summed E-state index contributed by atoms with van der Waals surface area (Å²) in [4.78, 5) is 11.9. The fourth-order valence-corrected chi connectivity index (χ4v) is 1.94. The van der Waals surface area contributed by atoms with E-state index in [4.69, 9.17) is 18.0 Å². The van der Waals surface area contributed by atoms with E-state index in [-0.39, 0.29) is 28.8 Å². The van der Waals surface area contributed by atoms with E-state index in [0.717, 1.165) is 0 Å². The number of anilines is 1. The minimum Gasteiger partial charge on any atom is -0.508 e. The quantitative estimate of drug-likeness (QED) is 0.758.